The Morgan fingerprint density at radius 1 is 1.21 bits per heavy atom. The van der Waals surface area contributed by atoms with Crippen LogP contribution < -0.4 is 10.6 Å². The summed E-state index contributed by atoms with van der Waals surface area (Å²) in [6.07, 6.45) is 2.00. The van der Waals surface area contributed by atoms with Gasteiger partial charge in [0, 0.05) is 19.6 Å². The van der Waals surface area contributed by atoms with Gasteiger partial charge in [0.1, 0.15) is 6.04 Å². The lowest BCUT2D eigenvalue weighted by atomic mass is 10.1. The Morgan fingerprint density at radius 2 is 1.84 bits per heavy atom. The van der Waals surface area contributed by atoms with Gasteiger partial charge in [0.25, 0.3) is 0 Å². The first-order valence-corrected chi connectivity index (χ1v) is 7.14. The molecule has 0 saturated carbocycles. The van der Waals surface area contributed by atoms with Gasteiger partial charge in [0.05, 0.1) is 11.4 Å². The maximum absolute atomic E-state index is 12.5. The maximum Gasteiger partial charge on any atom is 0.246 e. The van der Waals surface area contributed by atoms with Crippen LogP contribution in [0.15, 0.2) is 24.3 Å². The second-order valence-corrected chi connectivity index (χ2v) is 4.95. The summed E-state index contributed by atoms with van der Waals surface area (Å²) in [6.45, 7) is 6.55. The first-order chi connectivity index (χ1) is 9.26. The molecule has 1 aliphatic heterocycles. The highest BCUT2D eigenvalue weighted by atomic mass is 16.2. The third-order valence-electron chi connectivity index (χ3n) is 3.35. The minimum absolute atomic E-state index is 0.159. The van der Waals surface area contributed by atoms with Crippen LogP contribution in [0.3, 0.4) is 0 Å². The predicted octanol–water partition coefficient (Wildman–Crippen LogP) is 2.54. The summed E-state index contributed by atoms with van der Waals surface area (Å²) < 4.78 is 0. The molecule has 0 aliphatic carbocycles. The lowest BCUT2D eigenvalue weighted by Crippen LogP contribution is -2.48. The van der Waals surface area contributed by atoms with Gasteiger partial charge in [-0.1, -0.05) is 26.0 Å². The van der Waals surface area contributed by atoms with E-state index in [1.165, 1.54) is 0 Å². The minimum Gasteiger partial charge on any atom is -0.381 e. The number of para-hydroxylation sites is 2. The average Bonchev–Trinajstić information content (AvgIpc) is 2.46. The van der Waals surface area contributed by atoms with Crippen molar-refractivity contribution in [2.24, 2.45) is 0 Å². The number of fused-ring (bicyclic) bond motifs is 1. The van der Waals surface area contributed by atoms with Crippen molar-refractivity contribution in [3.05, 3.63) is 24.3 Å². The molecule has 0 fully saturated rings. The SMILES string of the molecule is CCCN(CCC)C(=O)C1CNc2ccccc2N1. The molecular formula is C15H23N3O. The van der Waals surface area contributed by atoms with Gasteiger partial charge in [-0.05, 0) is 25.0 Å². The zero-order valence-electron chi connectivity index (χ0n) is 11.8. The molecular weight excluding hydrogens is 238 g/mol. The maximum atomic E-state index is 12.5. The van der Waals surface area contributed by atoms with Crippen LogP contribution in [-0.2, 0) is 4.79 Å². The summed E-state index contributed by atoms with van der Waals surface area (Å²) in [5.74, 6) is 0.200. The van der Waals surface area contributed by atoms with E-state index >= 15 is 0 Å². The Hall–Kier alpha value is -1.71. The Kier molecular flexibility index (Phi) is 4.66. The molecule has 1 amide bonds. The lowest BCUT2D eigenvalue weighted by Gasteiger charge is -2.32. The highest BCUT2D eigenvalue weighted by Gasteiger charge is 2.26. The van der Waals surface area contributed by atoms with Gasteiger partial charge >= 0.3 is 0 Å². The van der Waals surface area contributed by atoms with E-state index in [0.29, 0.717) is 6.54 Å². The second kappa shape index (κ2) is 6.45. The quantitative estimate of drug-likeness (QED) is 0.856. The van der Waals surface area contributed by atoms with Crippen LogP contribution in [-0.4, -0.2) is 36.5 Å². The molecule has 104 valence electrons. The fourth-order valence-electron chi connectivity index (χ4n) is 2.46. The molecule has 1 unspecified atom stereocenters. The van der Waals surface area contributed by atoms with E-state index in [0.717, 1.165) is 37.3 Å². The van der Waals surface area contributed by atoms with E-state index in [4.69, 9.17) is 0 Å². The number of amides is 1. The average molecular weight is 261 g/mol. The summed E-state index contributed by atoms with van der Waals surface area (Å²) in [5.41, 5.74) is 2.09. The molecule has 2 rings (SSSR count). The van der Waals surface area contributed by atoms with Crippen molar-refractivity contribution in [1.82, 2.24) is 4.90 Å². The van der Waals surface area contributed by atoms with Gasteiger partial charge < -0.3 is 15.5 Å². The highest BCUT2D eigenvalue weighted by molar-refractivity contribution is 5.88. The van der Waals surface area contributed by atoms with E-state index in [2.05, 4.69) is 24.5 Å². The molecule has 19 heavy (non-hydrogen) atoms. The number of anilines is 2. The number of carbonyl (C=O) groups excluding carboxylic acids is 1. The Labute approximate surface area is 115 Å². The molecule has 4 nitrogen and oxygen atoms in total. The minimum atomic E-state index is -0.159. The summed E-state index contributed by atoms with van der Waals surface area (Å²) in [4.78, 5) is 14.5. The van der Waals surface area contributed by atoms with Crippen molar-refractivity contribution >= 4 is 17.3 Å². The summed E-state index contributed by atoms with van der Waals surface area (Å²) in [6, 6.07) is 7.85. The number of benzene rings is 1. The van der Waals surface area contributed by atoms with Crippen LogP contribution in [0, 0.1) is 0 Å². The molecule has 0 bridgehead atoms. The van der Waals surface area contributed by atoms with E-state index in [1.54, 1.807) is 0 Å². The van der Waals surface area contributed by atoms with Gasteiger partial charge in [-0.25, -0.2) is 0 Å². The molecule has 1 heterocycles. The van der Waals surface area contributed by atoms with Crippen LogP contribution in [0.2, 0.25) is 0 Å². The fourth-order valence-corrected chi connectivity index (χ4v) is 2.46. The normalized spacial score (nSPS) is 17.1. The predicted molar refractivity (Wildman–Crippen MR) is 79.5 cm³/mol. The first kappa shape index (κ1) is 13.7. The smallest absolute Gasteiger partial charge is 0.246 e. The van der Waals surface area contributed by atoms with Crippen molar-refractivity contribution in [3.8, 4) is 0 Å². The number of nitrogens with one attached hydrogen (secondary N) is 2. The molecule has 4 heteroatoms. The van der Waals surface area contributed by atoms with Crippen LogP contribution in [0.1, 0.15) is 26.7 Å². The van der Waals surface area contributed by atoms with Crippen molar-refractivity contribution < 1.29 is 4.79 Å². The molecule has 0 radical (unpaired) electrons. The van der Waals surface area contributed by atoms with Gasteiger partial charge in [0.2, 0.25) is 5.91 Å². The number of nitrogens with zero attached hydrogens (tertiary/aromatic N) is 1. The van der Waals surface area contributed by atoms with E-state index in [1.807, 2.05) is 29.2 Å². The number of carbonyl (C=O) groups is 1. The molecule has 0 aromatic heterocycles. The van der Waals surface area contributed by atoms with Crippen molar-refractivity contribution in [3.63, 3.8) is 0 Å². The molecule has 1 aromatic carbocycles. The number of rotatable bonds is 5. The van der Waals surface area contributed by atoms with Crippen LogP contribution in [0.5, 0.6) is 0 Å². The zero-order chi connectivity index (χ0) is 13.7. The molecule has 1 aliphatic rings. The number of hydrogen-bond acceptors (Lipinski definition) is 3. The van der Waals surface area contributed by atoms with E-state index in [9.17, 15) is 4.79 Å². The summed E-state index contributed by atoms with van der Waals surface area (Å²) in [7, 11) is 0. The monoisotopic (exact) mass is 261 g/mol. The zero-order valence-corrected chi connectivity index (χ0v) is 11.8. The second-order valence-electron chi connectivity index (χ2n) is 4.95. The molecule has 0 spiro atoms. The van der Waals surface area contributed by atoms with Gasteiger partial charge in [-0.2, -0.15) is 0 Å². The van der Waals surface area contributed by atoms with Gasteiger partial charge in [-0.3, -0.25) is 4.79 Å². The van der Waals surface area contributed by atoms with Crippen LogP contribution >= 0.6 is 0 Å². The van der Waals surface area contributed by atoms with Gasteiger partial charge in [0.15, 0.2) is 0 Å². The van der Waals surface area contributed by atoms with Crippen LogP contribution in [0.4, 0.5) is 11.4 Å². The molecule has 0 saturated heterocycles. The topological polar surface area (TPSA) is 44.4 Å². The fraction of sp³-hybridized carbons (Fsp3) is 0.533. The summed E-state index contributed by atoms with van der Waals surface area (Å²) in [5, 5.41) is 6.66. The van der Waals surface area contributed by atoms with E-state index < -0.39 is 0 Å². The van der Waals surface area contributed by atoms with Crippen molar-refractivity contribution in [1.29, 1.82) is 0 Å². The van der Waals surface area contributed by atoms with Crippen molar-refractivity contribution in [2.75, 3.05) is 30.3 Å². The van der Waals surface area contributed by atoms with Crippen LogP contribution in [0.25, 0.3) is 0 Å². The molecule has 1 atom stereocenters. The molecule has 2 N–H and O–H groups in total. The molecule has 1 aromatic rings. The Balaban J connectivity index is 2.04. The lowest BCUT2D eigenvalue weighted by molar-refractivity contribution is -0.131. The van der Waals surface area contributed by atoms with E-state index in [-0.39, 0.29) is 11.9 Å². The summed E-state index contributed by atoms with van der Waals surface area (Å²) >= 11 is 0. The first-order valence-electron chi connectivity index (χ1n) is 7.14. The Bertz CT molecular complexity index is 427. The standard InChI is InChI=1S/C15H23N3O/c1-3-9-18(10-4-2)15(19)14-11-16-12-7-5-6-8-13(12)17-14/h5-8,14,16-17H,3-4,9-11H2,1-2H3. The highest BCUT2D eigenvalue weighted by Crippen LogP contribution is 2.25. The van der Waals surface area contributed by atoms with Gasteiger partial charge in [-0.15, -0.1) is 0 Å². The Morgan fingerprint density at radius 3 is 2.47 bits per heavy atom. The largest absolute Gasteiger partial charge is 0.381 e. The third kappa shape index (κ3) is 3.19. The van der Waals surface area contributed by atoms with Crippen molar-refractivity contribution in [2.45, 2.75) is 32.7 Å². The number of hydrogen-bond donors (Lipinski definition) is 2. The third-order valence-corrected chi connectivity index (χ3v) is 3.35.